The quantitative estimate of drug-likeness (QED) is 0.632. The molecule has 6 heteroatoms. The Balaban J connectivity index is 2.03. The van der Waals surface area contributed by atoms with Crippen molar-refractivity contribution in [2.75, 3.05) is 0 Å². The highest BCUT2D eigenvalue weighted by Gasteiger charge is 2.22. The van der Waals surface area contributed by atoms with E-state index in [1.54, 1.807) is 36.4 Å². The van der Waals surface area contributed by atoms with E-state index in [0.717, 1.165) is 0 Å². The van der Waals surface area contributed by atoms with Gasteiger partial charge in [-0.3, -0.25) is 4.79 Å². The van der Waals surface area contributed by atoms with Crippen LogP contribution in [0.25, 0.3) is 0 Å². The number of rotatable bonds is 6. The Kier molecular flexibility index (Phi) is 5.65. The van der Waals surface area contributed by atoms with Crippen LogP contribution < -0.4 is 10.2 Å². The number of nitrogens with zero attached hydrogens (tertiary/aromatic N) is 1. The number of hydrogen-bond donors (Lipinski definition) is 2. The molecule has 0 aliphatic carbocycles. The number of ether oxygens (including phenoxy) is 1. The summed E-state index contributed by atoms with van der Waals surface area (Å²) in [6.45, 7) is 2.94. The zero-order chi connectivity index (χ0) is 17.6. The van der Waals surface area contributed by atoms with Crippen molar-refractivity contribution in [2.24, 2.45) is 5.10 Å². The number of carbonyl (C=O) groups excluding carboxylic acids is 1. The Labute approximate surface area is 139 Å². The lowest BCUT2D eigenvalue weighted by molar-refractivity contribution is -0.136. The predicted molar refractivity (Wildman–Crippen MR) is 89.2 cm³/mol. The molecule has 0 aromatic heterocycles. The third kappa shape index (κ3) is 5.17. The van der Waals surface area contributed by atoms with Gasteiger partial charge in [0.1, 0.15) is 23.8 Å². The minimum absolute atomic E-state index is 0.207. The molecule has 24 heavy (non-hydrogen) atoms. The summed E-state index contributed by atoms with van der Waals surface area (Å²) in [7, 11) is 0. The lowest BCUT2D eigenvalue weighted by atomic mass is 10.1. The van der Waals surface area contributed by atoms with Gasteiger partial charge in [0, 0.05) is 5.56 Å². The van der Waals surface area contributed by atoms with Crippen LogP contribution in [0.1, 0.15) is 25.0 Å². The molecule has 0 saturated carbocycles. The van der Waals surface area contributed by atoms with Crippen LogP contribution in [0.2, 0.25) is 0 Å². The van der Waals surface area contributed by atoms with Gasteiger partial charge in [-0.15, -0.1) is 0 Å². The summed E-state index contributed by atoms with van der Waals surface area (Å²) in [4.78, 5) is 11.5. The van der Waals surface area contributed by atoms with Gasteiger partial charge >= 0.3 is 0 Å². The summed E-state index contributed by atoms with van der Waals surface area (Å²) >= 11 is 0. The lowest BCUT2D eigenvalue weighted by Gasteiger charge is -2.13. The number of amides is 1. The molecule has 0 atom stereocenters. The molecule has 0 aliphatic heterocycles. The highest BCUT2D eigenvalue weighted by molar-refractivity contribution is 5.87. The highest BCUT2D eigenvalue weighted by Crippen LogP contribution is 2.18. The van der Waals surface area contributed by atoms with Crippen molar-refractivity contribution in [3.8, 4) is 5.75 Å². The second-order valence-corrected chi connectivity index (χ2v) is 5.71. The van der Waals surface area contributed by atoms with E-state index in [4.69, 9.17) is 4.74 Å². The molecule has 2 rings (SSSR count). The number of aliphatic hydroxyl groups is 1. The van der Waals surface area contributed by atoms with Gasteiger partial charge in [-0.05, 0) is 43.7 Å². The number of hydrogen-bond acceptors (Lipinski definition) is 4. The number of halogens is 1. The van der Waals surface area contributed by atoms with E-state index < -0.39 is 11.5 Å². The Morgan fingerprint density at radius 2 is 2.04 bits per heavy atom. The van der Waals surface area contributed by atoms with E-state index in [2.05, 4.69) is 10.5 Å². The maximum absolute atomic E-state index is 13.2. The fourth-order valence-corrected chi connectivity index (χ4v) is 1.80. The SMILES string of the molecule is CC(C)(O)C(=O)N/N=C/c1ccccc1OCc1cccc(F)c1. The van der Waals surface area contributed by atoms with E-state index in [-0.39, 0.29) is 12.4 Å². The van der Waals surface area contributed by atoms with E-state index >= 15 is 0 Å². The second kappa shape index (κ2) is 7.70. The fraction of sp³-hybridized carbons (Fsp3) is 0.222. The summed E-state index contributed by atoms with van der Waals surface area (Å²) in [6, 6.07) is 13.3. The van der Waals surface area contributed by atoms with Crippen molar-refractivity contribution in [3.63, 3.8) is 0 Å². The lowest BCUT2D eigenvalue weighted by Crippen LogP contribution is -2.39. The van der Waals surface area contributed by atoms with Crippen LogP contribution in [0, 0.1) is 5.82 Å². The molecule has 2 N–H and O–H groups in total. The molecule has 0 aliphatic rings. The van der Waals surface area contributed by atoms with Crippen LogP contribution >= 0.6 is 0 Å². The van der Waals surface area contributed by atoms with Crippen LogP contribution in [-0.4, -0.2) is 22.8 Å². The molecule has 0 saturated heterocycles. The van der Waals surface area contributed by atoms with Crippen molar-refractivity contribution in [1.82, 2.24) is 5.43 Å². The Bertz CT molecular complexity index is 739. The monoisotopic (exact) mass is 330 g/mol. The highest BCUT2D eigenvalue weighted by atomic mass is 19.1. The molecular formula is C18H19FN2O3. The fourth-order valence-electron chi connectivity index (χ4n) is 1.80. The van der Waals surface area contributed by atoms with Crippen molar-refractivity contribution in [2.45, 2.75) is 26.1 Å². The van der Waals surface area contributed by atoms with E-state index in [1.807, 2.05) is 0 Å². The summed E-state index contributed by atoms with van der Waals surface area (Å²) in [6.07, 6.45) is 1.42. The zero-order valence-electron chi connectivity index (χ0n) is 13.5. The molecule has 0 fully saturated rings. The van der Waals surface area contributed by atoms with Gasteiger partial charge < -0.3 is 9.84 Å². The number of hydrazone groups is 1. The van der Waals surface area contributed by atoms with Crippen LogP contribution in [-0.2, 0) is 11.4 Å². The normalized spacial score (nSPS) is 11.5. The zero-order valence-corrected chi connectivity index (χ0v) is 13.5. The van der Waals surface area contributed by atoms with Gasteiger partial charge in [0.15, 0.2) is 0 Å². The summed E-state index contributed by atoms with van der Waals surface area (Å²) < 4.78 is 18.9. The first kappa shape index (κ1) is 17.6. The number of benzene rings is 2. The Hall–Kier alpha value is -2.73. The smallest absolute Gasteiger partial charge is 0.271 e. The number of para-hydroxylation sites is 1. The largest absolute Gasteiger partial charge is 0.488 e. The Morgan fingerprint density at radius 1 is 1.29 bits per heavy atom. The van der Waals surface area contributed by atoms with E-state index in [0.29, 0.717) is 16.9 Å². The third-order valence-corrected chi connectivity index (χ3v) is 3.13. The molecule has 2 aromatic rings. The molecular weight excluding hydrogens is 311 g/mol. The second-order valence-electron chi connectivity index (χ2n) is 5.71. The molecule has 0 spiro atoms. The molecule has 5 nitrogen and oxygen atoms in total. The van der Waals surface area contributed by atoms with Crippen LogP contribution in [0.3, 0.4) is 0 Å². The van der Waals surface area contributed by atoms with Crippen molar-refractivity contribution in [3.05, 3.63) is 65.5 Å². The molecule has 2 aromatic carbocycles. The topological polar surface area (TPSA) is 70.9 Å². The van der Waals surface area contributed by atoms with Crippen LogP contribution in [0.15, 0.2) is 53.6 Å². The Morgan fingerprint density at radius 3 is 2.75 bits per heavy atom. The van der Waals surface area contributed by atoms with Gasteiger partial charge in [-0.2, -0.15) is 5.10 Å². The van der Waals surface area contributed by atoms with Gasteiger partial charge in [0.2, 0.25) is 0 Å². The van der Waals surface area contributed by atoms with Gasteiger partial charge in [0.25, 0.3) is 5.91 Å². The maximum atomic E-state index is 13.2. The van der Waals surface area contributed by atoms with Crippen LogP contribution in [0.4, 0.5) is 4.39 Å². The summed E-state index contributed by atoms with van der Waals surface area (Å²) in [5, 5.41) is 13.3. The first-order chi connectivity index (χ1) is 11.4. The average molecular weight is 330 g/mol. The first-order valence-corrected chi connectivity index (χ1v) is 7.38. The minimum atomic E-state index is -1.51. The van der Waals surface area contributed by atoms with Gasteiger partial charge in [0.05, 0.1) is 6.21 Å². The molecule has 0 unspecified atom stereocenters. The van der Waals surface area contributed by atoms with E-state index in [1.165, 1.54) is 32.2 Å². The van der Waals surface area contributed by atoms with Gasteiger partial charge in [-0.1, -0.05) is 24.3 Å². The third-order valence-electron chi connectivity index (χ3n) is 3.13. The van der Waals surface area contributed by atoms with Crippen molar-refractivity contribution in [1.29, 1.82) is 0 Å². The van der Waals surface area contributed by atoms with Crippen LogP contribution in [0.5, 0.6) is 5.75 Å². The maximum Gasteiger partial charge on any atom is 0.271 e. The van der Waals surface area contributed by atoms with E-state index in [9.17, 15) is 14.3 Å². The number of nitrogens with one attached hydrogen (secondary N) is 1. The summed E-state index contributed by atoms with van der Waals surface area (Å²) in [5.41, 5.74) is 2.09. The van der Waals surface area contributed by atoms with Crippen molar-refractivity contribution >= 4 is 12.1 Å². The molecule has 0 heterocycles. The first-order valence-electron chi connectivity index (χ1n) is 7.38. The minimum Gasteiger partial charge on any atom is -0.488 e. The summed E-state index contributed by atoms with van der Waals surface area (Å²) in [5.74, 6) is -0.389. The average Bonchev–Trinajstić information content (AvgIpc) is 2.53. The molecule has 0 radical (unpaired) electrons. The molecule has 1 amide bonds. The number of carbonyl (C=O) groups is 1. The molecule has 126 valence electrons. The predicted octanol–water partition coefficient (Wildman–Crippen LogP) is 2.63. The van der Waals surface area contributed by atoms with Crippen molar-refractivity contribution < 1.29 is 19.0 Å². The molecule has 0 bridgehead atoms. The standard InChI is InChI=1S/C18H19FN2O3/c1-18(2,23)17(22)21-20-11-14-7-3-4-9-16(14)24-12-13-6-5-8-15(19)10-13/h3-11,23H,12H2,1-2H3,(H,21,22)/b20-11+. The van der Waals surface area contributed by atoms with Gasteiger partial charge in [-0.25, -0.2) is 9.82 Å².